The lowest BCUT2D eigenvalue weighted by molar-refractivity contribution is 0.0954. The summed E-state index contributed by atoms with van der Waals surface area (Å²) >= 11 is 0. The van der Waals surface area contributed by atoms with Gasteiger partial charge in [-0.1, -0.05) is 51.0 Å². The van der Waals surface area contributed by atoms with Crippen LogP contribution in [0.4, 0.5) is 0 Å². The van der Waals surface area contributed by atoms with Gasteiger partial charge < -0.3 is 0 Å². The van der Waals surface area contributed by atoms with Gasteiger partial charge in [0.15, 0.2) is 0 Å². The highest BCUT2D eigenvalue weighted by molar-refractivity contribution is 5.26. The van der Waals surface area contributed by atoms with E-state index >= 15 is 0 Å². The zero-order valence-corrected chi connectivity index (χ0v) is 9.74. The molecule has 3 aliphatic rings. The predicted molar refractivity (Wildman–Crippen MR) is 63.1 cm³/mol. The van der Waals surface area contributed by atoms with Gasteiger partial charge in [-0.15, -0.1) is 0 Å². The lowest BCUT2D eigenvalue weighted by atomic mass is 9.62. The fraction of sp³-hybridized carbons (Fsp3) is 0.667. The Bertz CT molecular complexity index is 312. The monoisotopic (exact) mass is 200 g/mol. The number of allylic oxidation sites excluding steroid dienone is 4. The van der Waals surface area contributed by atoms with Gasteiger partial charge in [-0.25, -0.2) is 0 Å². The number of fused-ring (bicyclic) bond motifs is 3. The largest absolute Gasteiger partial charge is 0.0805 e. The predicted octanol–water partition coefficient (Wildman–Crippen LogP) is 3.88. The van der Waals surface area contributed by atoms with E-state index in [4.69, 9.17) is 0 Å². The van der Waals surface area contributed by atoms with Crippen molar-refractivity contribution in [3.8, 4) is 0 Å². The van der Waals surface area contributed by atoms with Gasteiger partial charge >= 0.3 is 0 Å². The first-order valence-electron chi connectivity index (χ1n) is 6.34. The van der Waals surface area contributed by atoms with Crippen LogP contribution in [-0.4, -0.2) is 0 Å². The Morgan fingerprint density at radius 3 is 2.87 bits per heavy atom. The van der Waals surface area contributed by atoms with E-state index < -0.39 is 0 Å². The number of hydrogen-bond donors (Lipinski definition) is 0. The minimum absolute atomic E-state index is 0.382. The molecule has 0 aromatic carbocycles. The molecule has 0 heterocycles. The van der Waals surface area contributed by atoms with Crippen molar-refractivity contribution in [1.29, 1.82) is 0 Å². The third-order valence-electron chi connectivity index (χ3n) is 5.07. The zero-order valence-electron chi connectivity index (χ0n) is 9.74. The lowest BCUT2D eigenvalue weighted by Gasteiger charge is -2.43. The van der Waals surface area contributed by atoms with Crippen LogP contribution in [0.3, 0.4) is 0 Å². The summed E-state index contributed by atoms with van der Waals surface area (Å²) in [5.41, 5.74) is 0.382. The standard InChI is InChI=1S/C15H20/c1-11-6-5-9-14-13-8-4-3-7-12(13)10-15(11,14)2/h3-4,7-8,11-14H,5-6,9H2,1-2H3. The molecule has 0 N–H and O–H groups in total. The smallest absolute Gasteiger partial charge is 0.00222 e. The summed E-state index contributed by atoms with van der Waals surface area (Å²) in [5.74, 6) is 3.03. The minimum Gasteiger partial charge on any atom is -0.0805 e. The second-order valence-electron chi connectivity index (χ2n) is 5.74. The highest BCUT2D eigenvalue weighted by Gasteiger charge is 2.53. The van der Waals surface area contributed by atoms with E-state index in [0.29, 0.717) is 11.3 Å². The van der Waals surface area contributed by atoms with Crippen molar-refractivity contribution in [2.24, 2.45) is 29.1 Å². The van der Waals surface area contributed by atoms with Crippen molar-refractivity contribution < 1.29 is 0 Å². The third kappa shape index (κ3) is 1.26. The number of rotatable bonds is 0. The van der Waals surface area contributed by atoms with Crippen LogP contribution in [0.2, 0.25) is 0 Å². The van der Waals surface area contributed by atoms with Crippen molar-refractivity contribution in [2.75, 3.05) is 0 Å². The Kier molecular flexibility index (Phi) is 2.09. The summed E-state index contributed by atoms with van der Waals surface area (Å²) in [6, 6.07) is 0. The molecule has 5 unspecified atom stereocenters. The van der Waals surface area contributed by atoms with Crippen molar-refractivity contribution in [3.63, 3.8) is 0 Å². The van der Waals surface area contributed by atoms with E-state index in [1.54, 1.807) is 0 Å². The Morgan fingerprint density at radius 2 is 2.00 bits per heavy atom. The van der Waals surface area contributed by atoms with E-state index in [1.165, 1.54) is 19.3 Å². The van der Waals surface area contributed by atoms with E-state index in [0.717, 1.165) is 17.8 Å². The molecule has 5 atom stereocenters. The molecule has 0 aromatic rings. The van der Waals surface area contributed by atoms with Crippen molar-refractivity contribution in [1.82, 2.24) is 0 Å². The average molecular weight is 200 g/mol. The van der Waals surface area contributed by atoms with Crippen LogP contribution in [0.25, 0.3) is 0 Å². The van der Waals surface area contributed by atoms with Gasteiger partial charge in [-0.05, 0) is 41.9 Å². The van der Waals surface area contributed by atoms with Crippen LogP contribution < -0.4 is 0 Å². The number of hydrogen-bond acceptors (Lipinski definition) is 0. The molecule has 2 fully saturated rings. The first-order valence-corrected chi connectivity index (χ1v) is 6.34. The summed E-state index contributed by atoms with van der Waals surface area (Å²) in [6.45, 7) is 4.87. The molecule has 2 radical (unpaired) electrons. The molecule has 0 amide bonds. The molecule has 0 bridgehead atoms. The molecule has 0 nitrogen and oxygen atoms in total. The second kappa shape index (κ2) is 3.23. The van der Waals surface area contributed by atoms with Gasteiger partial charge in [0, 0.05) is 0 Å². The summed E-state index contributed by atoms with van der Waals surface area (Å²) in [6.07, 6.45) is 17.3. The van der Waals surface area contributed by atoms with Crippen LogP contribution in [0, 0.1) is 35.5 Å². The van der Waals surface area contributed by atoms with Gasteiger partial charge in [0.2, 0.25) is 0 Å². The van der Waals surface area contributed by atoms with E-state index in [-0.39, 0.29) is 0 Å². The first-order chi connectivity index (χ1) is 7.22. The molecule has 80 valence electrons. The Morgan fingerprint density at radius 1 is 1.20 bits per heavy atom. The van der Waals surface area contributed by atoms with Crippen molar-refractivity contribution >= 4 is 0 Å². The summed E-state index contributed by atoms with van der Waals surface area (Å²) in [7, 11) is 0. The maximum Gasteiger partial charge on any atom is -0.00222 e. The molecule has 2 saturated carbocycles. The minimum atomic E-state index is 0.382. The Hall–Kier alpha value is -0.520. The average Bonchev–Trinajstić information content (AvgIpc) is 2.53. The molecule has 0 saturated heterocycles. The van der Waals surface area contributed by atoms with Gasteiger partial charge in [0.25, 0.3) is 0 Å². The van der Waals surface area contributed by atoms with Gasteiger partial charge in [-0.3, -0.25) is 0 Å². The lowest BCUT2D eigenvalue weighted by Crippen LogP contribution is -2.35. The topological polar surface area (TPSA) is 0 Å². The molecule has 3 aliphatic carbocycles. The van der Waals surface area contributed by atoms with Gasteiger partial charge in [0.05, 0.1) is 0 Å². The molecule has 0 aliphatic heterocycles. The second-order valence-corrected chi connectivity index (χ2v) is 5.74. The molecule has 0 aromatic heterocycles. The van der Waals surface area contributed by atoms with Crippen LogP contribution in [0.5, 0.6) is 0 Å². The van der Waals surface area contributed by atoms with Crippen LogP contribution in [0.15, 0.2) is 24.3 Å². The molecular weight excluding hydrogens is 180 g/mol. The van der Waals surface area contributed by atoms with Gasteiger partial charge in [-0.2, -0.15) is 0 Å². The molecule has 0 heteroatoms. The fourth-order valence-electron chi connectivity index (χ4n) is 3.96. The normalized spacial score (nSPS) is 52.7. The Labute approximate surface area is 93.5 Å². The molecule has 3 rings (SSSR count). The summed E-state index contributed by atoms with van der Waals surface area (Å²) in [4.78, 5) is 0. The van der Waals surface area contributed by atoms with Crippen LogP contribution in [0.1, 0.15) is 33.1 Å². The van der Waals surface area contributed by atoms with Crippen LogP contribution >= 0.6 is 0 Å². The van der Waals surface area contributed by atoms with E-state index in [9.17, 15) is 0 Å². The fourth-order valence-corrected chi connectivity index (χ4v) is 3.96. The highest BCUT2D eigenvalue weighted by Crippen LogP contribution is 2.60. The summed E-state index contributed by atoms with van der Waals surface area (Å²) < 4.78 is 0. The highest BCUT2D eigenvalue weighted by atomic mass is 14.6. The molecule has 15 heavy (non-hydrogen) atoms. The maximum absolute atomic E-state index is 3.88. The van der Waals surface area contributed by atoms with Crippen molar-refractivity contribution in [3.05, 3.63) is 30.7 Å². The maximum atomic E-state index is 3.88. The third-order valence-corrected chi connectivity index (χ3v) is 5.07. The Balaban J connectivity index is 1.95. The molecule has 0 spiro atoms. The first kappa shape index (κ1) is 9.69. The van der Waals surface area contributed by atoms with E-state index in [2.05, 4.69) is 44.6 Å². The SMILES string of the molecule is CC1CCCC2C3C=CC=CC3[C]C12C. The van der Waals surface area contributed by atoms with Crippen LogP contribution in [-0.2, 0) is 0 Å². The summed E-state index contributed by atoms with van der Waals surface area (Å²) in [5, 5.41) is 0. The van der Waals surface area contributed by atoms with Crippen molar-refractivity contribution in [2.45, 2.75) is 33.1 Å². The van der Waals surface area contributed by atoms with E-state index in [1.807, 2.05) is 0 Å². The quantitative estimate of drug-likeness (QED) is 0.556. The van der Waals surface area contributed by atoms with Gasteiger partial charge in [0.1, 0.15) is 0 Å². The zero-order chi connectivity index (χ0) is 10.5. The molecular formula is C15H20.